The number of thiophene rings is 1. The van der Waals surface area contributed by atoms with Crippen LogP contribution in [-0.4, -0.2) is 7.11 Å². The number of benzene rings is 1. The molecule has 3 rings (SSSR count). The number of ether oxygens (including phenoxy) is 1. The highest BCUT2D eigenvalue weighted by molar-refractivity contribution is 9.10. The average Bonchev–Trinajstić information content (AvgIpc) is 3.23. The third-order valence-electron chi connectivity index (χ3n) is 3.74. The summed E-state index contributed by atoms with van der Waals surface area (Å²) in [6.07, 6.45) is 2.66. The van der Waals surface area contributed by atoms with Crippen molar-refractivity contribution in [2.24, 2.45) is 5.92 Å². The molecule has 1 atom stereocenters. The Balaban J connectivity index is 1.70. The largest absolute Gasteiger partial charge is 0.497 e. The molecule has 4 heteroatoms. The standard InChI is InChI=1S/C16H18BrNOS/c1-19-13-6-4-12(5-7-13)16(11-2-3-11)18-10-15-14(17)8-9-20-15/h4-9,11,16,18H,2-3,10H2,1H3. The van der Waals surface area contributed by atoms with Gasteiger partial charge in [-0.05, 0) is 63.8 Å². The predicted molar refractivity (Wildman–Crippen MR) is 87.3 cm³/mol. The van der Waals surface area contributed by atoms with Gasteiger partial charge in [0.05, 0.1) is 7.11 Å². The van der Waals surface area contributed by atoms with Crippen molar-refractivity contribution in [3.8, 4) is 5.75 Å². The predicted octanol–water partition coefficient (Wildman–Crippen LogP) is 4.76. The minimum atomic E-state index is 0.454. The molecular weight excluding hydrogens is 334 g/mol. The molecule has 1 aromatic heterocycles. The molecule has 1 N–H and O–H groups in total. The van der Waals surface area contributed by atoms with Crippen LogP contribution in [0.3, 0.4) is 0 Å². The molecule has 2 aromatic rings. The van der Waals surface area contributed by atoms with Gasteiger partial charge >= 0.3 is 0 Å². The molecule has 1 aliphatic carbocycles. The summed E-state index contributed by atoms with van der Waals surface area (Å²) in [5, 5.41) is 5.84. The molecule has 0 aliphatic heterocycles. The van der Waals surface area contributed by atoms with E-state index in [0.29, 0.717) is 6.04 Å². The molecule has 1 heterocycles. The summed E-state index contributed by atoms with van der Waals surface area (Å²) in [4.78, 5) is 1.36. The summed E-state index contributed by atoms with van der Waals surface area (Å²) in [5.74, 6) is 1.70. The van der Waals surface area contributed by atoms with E-state index in [1.54, 1.807) is 18.4 Å². The Labute approximate surface area is 132 Å². The molecule has 1 unspecified atom stereocenters. The van der Waals surface area contributed by atoms with E-state index >= 15 is 0 Å². The van der Waals surface area contributed by atoms with Crippen molar-refractivity contribution in [3.63, 3.8) is 0 Å². The number of hydrogen-bond donors (Lipinski definition) is 1. The van der Waals surface area contributed by atoms with Gasteiger partial charge in [0.1, 0.15) is 5.75 Å². The first-order valence-corrected chi connectivity index (χ1v) is 8.54. The number of nitrogens with one attached hydrogen (secondary N) is 1. The van der Waals surface area contributed by atoms with Crippen LogP contribution in [0, 0.1) is 5.92 Å². The zero-order valence-corrected chi connectivity index (χ0v) is 13.8. The number of methoxy groups -OCH3 is 1. The van der Waals surface area contributed by atoms with Crippen LogP contribution < -0.4 is 10.1 Å². The molecule has 0 amide bonds. The molecule has 20 heavy (non-hydrogen) atoms. The van der Waals surface area contributed by atoms with Crippen LogP contribution in [0.5, 0.6) is 5.75 Å². The van der Waals surface area contributed by atoms with E-state index in [-0.39, 0.29) is 0 Å². The van der Waals surface area contributed by atoms with Gasteiger partial charge in [0.2, 0.25) is 0 Å². The Morgan fingerprint density at radius 1 is 1.30 bits per heavy atom. The van der Waals surface area contributed by atoms with Crippen molar-refractivity contribution in [1.82, 2.24) is 5.32 Å². The highest BCUT2D eigenvalue weighted by atomic mass is 79.9. The van der Waals surface area contributed by atoms with Crippen molar-refractivity contribution < 1.29 is 4.74 Å². The third-order valence-corrected chi connectivity index (χ3v) is 5.67. The zero-order chi connectivity index (χ0) is 13.9. The third kappa shape index (κ3) is 3.25. The molecule has 106 valence electrons. The molecule has 1 fully saturated rings. The van der Waals surface area contributed by atoms with Crippen LogP contribution >= 0.6 is 27.3 Å². The zero-order valence-electron chi connectivity index (χ0n) is 11.4. The second-order valence-corrected chi connectivity index (χ2v) is 7.02. The Morgan fingerprint density at radius 2 is 2.05 bits per heavy atom. The Kier molecular flexibility index (Phi) is 4.44. The second kappa shape index (κ2) is 6.29. The minimum absolute atomic E-state index is 0.454. The van der Waals surface area contributed by atoms with Crippen LogP contribution in [0.25, 0.3) is 0 Å². The fourth-order valence-corrected chi connectivity index (χ4v) is 3.89. The maximum absolute atomic E-state index is 5.23. The van der Waals surface area contributed by atoms with Crippen molar-refractivity contribution in [2.75, 3.05) is 7.11 Å². The van der Waals surface area contributed by atoms with E-state index < -0.39 is 0 Å². The van der Waals surface area contributed by atoms with Crippen LogP contribution in [0.1, 0.15) is 29.3 Å². The first-order valence-electron chi connectivity index (χ1n) is 6.87. The maximum Gasteiger partial charge on any atom is 0.118 e. The first-order chi connectivity index (χ1) is 9.78. The molecule has 1 aliphatic rings. The summed E-state index contributed by atoms with van der Waals surface area (Å²) < 4.78 is 6.44. The molecule has 0 radical (unpaired) electrons. The second-order valence-electron chi connectivity index (χ2n) is 5.16. The summed E-state index contributed by atoms with van der Waals surface area (Å²) in [5.41, 5.74) is 1.36. The van der Waals surface area contributed by atoms with E-state index in [2.05, 4.69) is 44.8 Å². The molecule has 2 nitrogen and oxygen atoms in total. The molecule has 0 bridgehead atoms. The minimum Gasteiger partial charge on any atom is -0.497 e. The molecule has 1 aromatic carbocycles. The fourth-order valence-electron chi connectivity index (χ4n) is 2.45. The van der Waals surface area contributed by atoms with E-state index in [1.807, 2.05) is 12.1 Å². The van der Waals surface area contributed by atoms with Crippen molar-refractivity contribution in [1.29, 1.82) is 0 Å². The van der Waals surface area contributed by atoms with Crippen LogP contribution in [0.4, 0.5) is 0 Å². The summed E-state index contributed by atoms with van der Waals surface area (Å²) in [7, 11) is 1.71. The monoisotopic (exact) mass is 351 g/mol. The normalized spacial score (nSPS) is 16.1. The smallest absolute Gasteiger partial charge is 0.118 e. The lowest BCUT2D eigenvalue weighted by Gasteiger charge is -2.19. The van der Waals surface area contributed by atoms with E-state index in [9.17, 15) is 0 Å². The van der Waals surface area contributed by atoms with Gasteiger partial charge in [-0.3, -0.25) is 0 Å². The summed E-state index contributed by atoms with van der Waals surface area (Å²) >= 11 is 5.39. The van der Waals surface area contributed by atoms with E-state index in [1.165, 1.54) is 27.8 Å². The van der Waals surface area contributed by atoms with Gasteiger partial charge in [-0.2, -0.15) is 0 Å². The number of halogens is 1. The van der Waals surface area contributed by atoms with E-state index in [0.717, 1.165) is 18.2 Å². The topological polar surface area (TPSA) is 21.3 Å². The van der Waals surface area contributed by atoms with Crippen molar-refractivity contribution in [2.45, 2.75) is 25.4 Å². The van der Waals surface area contributed by atoms with Crippen molar-refractivity contribution in [3.05, 3.63) is 50.6 Å². The lowest BCUT2D eigenvalue weighted by atomic mass is 10.0. The fraction of sp³-hybridized carbons (Fsp3) is 0.375. The van der Waals surface area contributed by atoms with Gasteiger partial charge in [-0.25, -0.2) is 0 Å². The molecule has 1 saturated carbocycles. The van der Waals surface area contributed by atoms with Gasteiger partial charge in [-0.1, -0.05) is 12.1 Å². The van der Waals surface area contributed by atoms with Gasteiger partial charge in [0.25, 0.3) is 0 Å². The first kappa shape index (κ1) is 14.1. The van der Waals surface area contributed by atoms with Gasteiger partial charge < -0.3 is 10.1 Å². The number of rotatable bonds is 6. The molecular formula is C16H18BrNOS. The SMILES string of the molecule is COc1ccc(C(NCc2sccc2Br)C2CC2)cc1. The van der Waals surface area contributed by atoms with Crippen LogP contribution in [0.15, 0.2) is 40.2 Å². The van der Waals surface area contributed by atoms with Gasteiger partial charge in [-0.15, -0.1) is 11.3 Å². The molecule has 0 saturated heterocycles. The maximum atomic E-state index is 5.23. The van der Waals surface area contributed by atoms with Gasteiger partial charge in [0.15, 0.2) is 0 Å². The van der Waals surface area contributed by atoms with Crippen LogP contribution in [-0.2, 0) is 6.54 Å². The van der Waals surface area contributed by atoms with Crippen LogP contribution in [0.2, 0.25) is 0 Å². The van der Waals surface area contributed by atoms with E-state index in [4.69, 9.17) is 4.74 Å². The Morgan fingerprint density at radius 3 is 2.60 bits per heavy atom. The highest BCUT2D eigenvalue weighted by Gasteiger charge is 2.32. The summed E-state index contributed by atoms with van der Waals surface area (Å²) in [6.45, 7) is 0.922. The Bertz CT molecular complexity index is 562. The lowest BCUT2D eigenvalue weighted by Crippen LogP contribution is -2.22. The lowest BCUT2D eigenvalue weighted by molar-refractivity contribution is 0.413. The summed E-state index contributed by atoms with van der Waals surface area (Å²) in [6, 6.07) is 11.0. The average molecular weight is 352 g/mol. The highest BCUT2D eigenvalue weighted by Crippen LogP contribution is 2.41. The quantitative estimate of drug-likeness (QED) is 0.809. The van der Waals surface area contributed by atoms with Crippen molar-refractivity contribution >= 4 is 27.3 Å². The number of hydrogen-bond acceptors (Lipinski definition) is 3. The molecule has 0 spiro atoms. The Hall–Kier alpha value is -0.840. The van der Waals surface area contributed by atoms with Gasteiger partial charge in [0, 0.05) is 21.9 Å².